The molecule has 2 rings (SSSR count). The molecule has 21 heavy (non-hydrogen) atoms. The highest BCUT2D eigenvalue weighted by molar-refractivity contribution is 7.10. The maximum atomic E-state index is 11.8. The molecule has 0 radical (unpaired) electrons. The number of nitrogens with zero attached hydrogens (tertiary/aromatic N) is 1. The van der Waals surface area contributed by atoms with Crippen molar-refractivity contribution in [2.24, 2.45) is 0 Å². The van der Waals surface area contributed by atoms with Crippen LogP contribution in [0.15, 0.2) is 34.2 Å². The Hall–Kier alpha value is -2.41. The van der Waals surface area contributed by atoms with Crippen molar-refractivity contribution in [2.75, 3.05) is 5.32 Å². The molecule has 0 spiro atoms. The van der Waals surface area contributed by atoms with E-state index in [2.05, 4.69) is 10.5 Å². The van der Waals surface area contributed by atoms with Crippen LogP contribution in [-0.4, -0.2) is 23.1 Å². The molecule has 0 aliphatic rings. The predicted molar refractivity (Wildman–Crippen MR) is 78.8 cm³/mol. The zero-order valence-electron chi connectivity index (χ0n) is 11.5. The second-order valence-electron chi connectivity index (χ2n) is 4.24. The van der Waals surface area contributed by atoms with Gasteiger partial charge in [-0.25, -0.2) is 4.79 Å². The number of ether oxygens (including phenoxy) is 1. The fraction of sp³-hybridized carbons (Fsp3) is 0.214. The predicted octanol–water partition coefficient (Wildman–Crippen LogP) is 2.63. The molecular weight excluding hydrogens is 292 g/mol. The molecular formula is C14H14N2O4S. The van der Waals surface area contributed by atoms with Crippen LogP contribution in [0.4, 0.5) is 5.82 Å². The molecule has 7 heteroatoms. The van der Waals surface area contributed by atoms with Crippen molar-refractivity contribution < 1.29 is 18.8 Å². The van der Waals surface area contributed by atoms with E-state index in [0.29, 0.717) is 5.76 Å². The molecule has 0 aromatic carbocycles. The molecule has 0 bridgehead atoms. The number of anilines is 1. The van der Waals surface area contributed by atoms with Crippen LogP contribution in [0.2, 0.25) is 0 Å². The molecule has 1 amide bonds. The van der Waals surface area contributed by atoms with Gasteiger partial charge < -0.3 is 14.6 Å². The minimum atomic E-state index is -0.928. The fourth-order valence-corrected chi connectivity index (χ4v) is 2.07. The number of aromatic nitrogens is 1. The topological polar surface area (TPSA) is 81.4 Å². The van der Waals surface area contributed by atoms with Gasteiger partial charge in [0.2, 0.25) is 0 Å². The number of hydrogen-bond donors (Lipinski definition) is 1. The third-order valence-electron chi connectivity index (χ3n) is 2.47. The molecule has 0 aliphatic carbocycles. The summed E-state index contributed by atoms with van der Waals surface area (Å²) in [6.45, 7) is 3.20. The van der Waals surface area contributed by atoms with Gasteiger partial charge in [-0.1, -0.05) is 11.2 Å². The molecule has 2 aromatic rings. The minimum absolute atomic E-state index is 0.287. The van der Waals surface area contributed by atoms with E-state index in [1.54, 1.807) is 19.1 Å². The number of esters is 1. The number of aryl methyl sites for hydroxylation is 1. The number of carbonyl (C=O) groups is 2. The normalized spacial score (nSPS) is 12.3. The van der Waals surface area contributed by atoms with Crippen molar-refractivity contribution in [2.45, 2.75) is 20.0 Å². The van der Waals surface area contributed by atoms with E-state index in [0.717, 1.165) is 4.88 Å². The van der Waals surface area contributed by atoms with E-state index < -0.39 is 18.0 Å². The highest BCUT2D eigenvalue weighted by atomic mass is 32.1. The largest absolute Gasteiger partial charge is 0.449 e. The van der Waals surface area contributed by atoms with Crippen molar-refractivity contribution in [3.05, 3.63) is 40.3 Å². The smallest absolute Gasteiger partial charge is 0.331 e. The highest BCUT2D eigenvalue weighted by Gasteiger charge is 2.17. The average molecular weight is 306 g/mol. The number of amides is 1. The Morgan fingerprint density at radius 3 is 2.95 bits per heavy atom. The van der Waals surface area contributed by atoms with Crippen LogP contribution >= 0.6 is 11.3 Å². The standard InChI is InChI=1S/C14H14N2O4S/c1-9-8-12(16-20-9)15-14(18)10(2)19-13(17)6-5-11-4-3-7-21-11/h3-8,10H,1-2H3,(H,15,16,18)/b6-5+/t10-/m1/s1. The second-order valence-corrected chi connectivity index (χ2v) is 5.22. The summed E-state index contributed by atoms with van der Waals surface area (Å²) < 4.78 is 9.82. The third-order valence-corrected chi connectivity index (χ3v) is 3.31. The molecule has 2 aromatic heterocycles. The summed E-state index contributed by atoms with van der Waals surface area (Å²) in [5, 5.41) is 8.03. The summed E-state index contributed by atoms with van der Waals surface area (Å²) in [6.07, 6.45) is 2.00. The number of carbonyl (C=O) groups excluding carboxylic acids is 2. The first-order valence-corrected chi connectivity index (χ1v) is 7.09. The maximum absolute atomic E-state index is 11.8. The van der Waals surface area contributed by atoms with Crippen molar-refractivity contribution >= 4 is 35.1 Å². The average Bonchev–Trinajstić information content (AvgIpc) is 3.08. The van der Waals surface area contributed by atoms with E-state index in [-0.39, 0.29) is 5.82 Å². The Bertz CT molecular complexity index is 646. The van der Waals surface area contributed by atoms with Gasteiger partial charge in [-0.3, -0.25) is 4.79 Å². The van der Waals surface area contributed by atoms with E-state index in [1.807, 2.05) is 17.5 Å². The van der Waals surface area contributed by atoms with Gasteiger partial charge in [-0.05, 0) is 31.4 Å². The van der Waals surface area contributed by atoms with Crippen LogP contribution in [0.25, 0.3) is 6.08 Å². The van der Waals surface area contributed by atoms with Gasteiger partial charge in [0.25, 0.3) is 5.91 Å². The Balaban J connectivity index is 1.84. The van der Waals surface area contributed by atoms with Crippen LogP contribution in [-0.2, 0) is 14.3 Å². The van der Waals surface area contributed by atoms with Gasteiger partial charge in [0, 0.05) is 17.0 Å². The lowest BCUT2D eigenvalue weighted by Crippen LogP contribution is -2.29. The summed E-state index contributed by atoms with van der Waals surface area (Å²) in [5.74, 6) is -0.188. The zero-order chi connectivity index (χ0) is 15.2. The number of hydrogen-bond acceptors (Lipinski definition) is 6. The third kappa shape index (κ3) is 4.57. The lowest BCUT2D eigenvalue weighted by atomic mass is 10.3. The summed E-state index contributed by atoms with van der Waals surface area (Å²) in [7, 11) is 0. The minimum Gasteiger partial charge on any atom is -0.449 e. The fourth-order valence-electron chi connectivity index (χ4n) is 1.46. The Kier molecular flexibility index (Phi) is 4.89. The van der Waals surface area contributed by atoms with Gasteiger partial charge >= 0.3 is 5.97 Å². The Morgan fingerprint density at radius 1 is 1.52 bits per heavy atom. The number of rotatable bonds is 5. The van der Waals surface area contributed by atoms with Crippen LogP contribution in [0, 0.1) is 6.92 Å². The molecule has 0 saturated heterocycles. The zero-order valence-corrected chi connectivity index (χ0v) is 12.3. The monoisotopic (exact) mass is 306 g/mol. The van der Waals surface area contributed by atoms with Gasteiger partial charge in [0.15, 0.2) is 11.9 Å². The SMILES string of the molecule is Cc1cc(NC(=O)[C@@H](C)OC(=O)/C=C/c2cccs2)no1. The first-order chi connectivity index (χ1) is 10.0. The molecule has 1 atom stereocenters. The summed E-state index contributed by atoms with van der Waals surface area (Å²) >= 11 is 1.50. The van der Waals surface area contributed by atoms with Crippen LogP contribution < -0.4 is 5.32 Å². The lowest BCUT2D eigenvalue weighted by molar-refractivity contribution is -0.148. The van der Waals surface area contributed by atoms with Crippen molar-refractivity contribution in [1.82, 2.24) is 5.16 Å². The van der Waals surface area contributed by atoms with Crippen molar-refractivity contribution in [1.29, 1.82) is 0 Å². The number of thiophene rings is 1. The molecule has 6 nitrogen and oxygen atoms in total. The first-order valence-electron chi connectivity index (χ1n) is 6.21. The van der Waals surface area contributed by atoms with Gasteiger partial charge in [0.05, 0.1) is 0 Å². The molecule has 1 N–H and O–H groups in total. The van der Waals surface area contributed by atoms with E-state index in [9.17, 15) is 9.59 Å². The molecule has 0 saturated carbocycles. The highest BCUT2D eigenvalue weighted by Crippen LogP contribution is 2.11. The molecule has 0 aliphatic heterocycles. The van der Waals surface area contributed by atoms with Crippen LogP contribution in [0.1, 0.15) is 17.6 Å². The van der Waals surface area contributed by atoms with Crippen LogP contribution in [0.3, 0.4) is 0 Å². The molecule has 0 fully saturated rings. The van der Waals surface area contributed by atoms with Crippen molar-refractivity contribution in [3.8, 4) is 0 Å². The Morgan fingerprint density at radius 2 is 2.33 bits per heavy atom. The van der Waals surface area contributed by atoms with Crippen LogP contribution in [0.5, 0.6) is 0 Å². The quantitative estimate of drug-likeness (QED) is 0.678. The van der Waals surface area contributed by atoms with Gasteiger partial charge in [-0.2, -0.15) is 0 Å². The van der Waals surface area contributed by atoms with E-state index in [4.69, 9.17) is 9.26 Å². The van der Waals surface area contributed by atoms with Gasteiger partial charge in [0.1, 0.15) is 5.76 Å². The summed E-state index contributed by atoms with van der Waals surface area (Å²) in [6, 6.07) is 5.33. The lowest BCUT2D eigenvalue weighted by Gasteiger charge is -2.10. The molecule has 2 heterocycles. The second kappa shape index (κ2) is 6.85. The van der Waals surface area contributed by atoms with E-state index in [1.165, 1.54) is 24.3 Å². The molecule has 0 unspecified atom stereocenters. The van der Waals surface area contributed by atoms with Gasteiger partial charge in [-0.15, -0.1) is 11.3 Å². The Labute approximate surface area is 125 Å². The van der Waals surface area contributed by atoms with E-state index >= 15 is 0 Å². The summed E-state index contributed by atoms with van der Waals surface area (Å²) in [4.78, 5) is 24.3. The molecule has 110 valence electrons. The van der Waals surface area contributed by atoms with Crippen molar-refractivity contribution in [3.63, 3.8) is 0 Å². The summed E-state index contributed by atoms with van der Waals surface area (Å²) in [5.41, 5.74) is 0. The first kappa shape index (κ1) is 15.0. The maximum Gasteiger partial charge on any atom is 0.331 e. The number of nitrogens with one attached hydrogen (secondary N) is 1.